The minimum atomic E-state index is -1.14. The minimum Gasteiger partial charge on any atom is -0.395 e. The molecule has 0 fully saturated rings. The first kappa shape index (κ1) is 8.84. The Labute approximate surface area is 53.9 Å². The molecule has 0 aliphatic carbocycles. The van der Waals surface area contributed by atoms with Gasteiger partial charge in [0.2, 0.25) is 0 Å². The number of hydrogen-bond donors (Lipinski definition) is 4. The number of aliphatic hydroxyl groups excluding tert-OH is 3. The van der Waals surface area contributed by atoms with E-state index in [1.807, 2.05) is 0 Å². The fourth-order valence-electron chi connectivity index (χ4n) is 0.393. The van der Waals surface area contributed by atoms with Crippen molar-refractivity contribution in [2.75, 3.05) is 6.61 Å². The van der Waals surface area contributed by atoms with Gasteiger partial charge in [-0.3, -0.25) is 0 Å². The Morgan fingerprint density at radius 2 is 1.89 bits per heavy atom. The molecule has 3 atom stereocenters. The summed E-state index contributed by atoms with van der Waals surface area (Å²) in [4.78, 5) is 0. The monoisotopic (exact) mass is 134 g/mol. The molecule has 9 heavy (non-hydrogen) atoms. The minimum absolute atomic E-state index is 0.353. The van der Waals surface area contributed by atoms with Crippen LogP contribution in [0, 0.1) is 6.92 Å². The average Bonchev–Trinajstić information content (AvgIpc) is 1.84. The van der Waals surface area contributed by atoms with Crippen LogP contribution in [-0.2, 0) is 0 Å². The van der Waals surface area contributed by atoms with Crippen LogP contribution < -0.4 is 5.73 Å². The summed E-state index contributed by atoms with van der Waals surface area (Å²) in [5, 5.41) is 25.7. The van der Waals surface area contributed by atoms with Gasteiger partial charge in [-0.25, -0.2) is 0 Å². The first-order valence-corrected chi connectivity index (χ1v) is 2.65. The van der Waals surface area contributed by atoms with E-state index in [1.54, 1.807) is 0 Å². The van der Waals surface area contributed by atoms with E-state index in [0.717, 1.165) is 0 Å². The molecule has 0 saturated heterocycles. The van der Waals surface area contributed by atoms with Crippen molar-refractivity contribution in [1.82, 2.24) is 0 Å². The lowest BCUT2D eigenvalue weighted by Gasteiger charge is -2.18. The zero-order valence-electron chi connectivity index (χ0n) is 5.07. The van der Waals surface area contributed by atoms with E-state index >= 15 is 0 Å². The fraction of sp³-hybridized carbons (Fsp3) is 0.800. The van der Waals surface area contributed by atoms with E-state index < -0.39 is 18.2 Å². The maximum absolute atomic E-state index is 8.80. The summed E-state index contributed by atoms with van der Waals surface area (Å²) < 4.78 is 0. The third-order valence-corrected chi connectivity index (χ3v) is 1.04. The first-order valence-electron chi connectivity index (χ1n) is 2.65. The summed E-state index contributed by atoms with van der Waals surface area (Å²) in [5.41, 5.74) is 5.12. The van der Waals surface area contributed by atoms with Crippen molar-refractivity contribution < 1.29 is 15.3 Å². The Bertz CT molecular complexity index is 76.6. The van der Waals surface area contributed by atoms with Gasteiger partial charge >= 0.3 is 0 Å². The van der Waals surface area contributed by atoms with Gasteiger partial charge in [-0.15, -0.1) is 0 Å². The Hall–Kier alpha value is -0.160. The van der Waals surface area contributed by atoms with E-state index in [-0.39, 0.29) is 6.61 Å². The number of rotatable bonds is 3. The number of aliphatic hydroxyl groups is 3. The summed E-state index contributed by atoms with van der Waals surface area (Å²) >= 11 is 0. The number of hydrogen-bond acceptors (Lipinski definition) is 4. The molecule has 1 radical (unpaired) electrons. The van der Waals surface area contributed by atoms with Gasteiger partial charge in [0.15, 0.2) is 0 Å². The van der Waals surface area contributed by atoms with Crippen LogP contribution in [0.3, 0.4) is 0 Å². The van der Waals surface area contributed by atoms with Crippen LogP contribution in [0.15, 0.2) is 0 Å². The van der Waals surface area contributed by atoms with Gasteiger partial charge in [-0.1, -0.05) is 0 Å². The maximum Gasteiger partial charge on any atom is 0.0971 e. The van der Waals surface area contributed by atoms with Crippen LogP contribution in [-0.4, -0.2) is 40.2 Å². The Balaban J connectivity index is 3.58. The largest absolute Gasteiger partial charge is 0.395 e. The molecule has 3 unspecified atom stereocenters. The summed E-state index contributed by atoms with van der Waals surface area (Å²) in [6.45, 7) is 2.77. The second-order valence-corrected chi connectivity index (χ2v) is 1.90. The smallest absolute Gasteiger partial charge is 0.0971 e. The molecular formula is C5H12NO3. The van der Waals surface area contributed by atoms with Crippen molar-refractivity contribution in [1.29, 1.82) is 0 Å². The predicted molar refractivity (Wildman–Crippen MR) is 32.4 cm³/mol. The van der Waals surface area contributed by atoms with Gasteiger partial charge in [0, 0.05) is 0 Å². The summed E-state index contributed by atoms with van der Waals surface area (Å²) in [7, 11) is 0. The van der Waals surface area contributed by atoms with E-state index in [1.165, 1.54) is 0 Å². The number of nitrogens with two attached hydrogens (primary N) is 1. The van der Waals surface area contributed by atoms with Gasteiger partial charge in [-0.2, -0.15) is 0 Å². The summed E-state index contributed by atoms with van der Waals surface area (Å²) in [5.74, 6) is 0. The highest BCUT2D eigenvalue weighted by Crippen LogP contribution is 1.94. The lowest BCUT2D eigenvalue weighted by Crippen LogP contribution is -2.44. The zero-order valence-corrected chi connectivity index (χ0v) is 5.07. The molecule has 4 nitrogen and oxygen atoms in total. The normalized spacial score (nSPS) is 21.0. The van der Waals surface area contributed by atoms with Gasteiger partial charge < -0.3 is 21.1 Å². The Morgan fingerprint density at radius 3 is 2.00 bits per heavy atom. The molecule has 55 valence electrons. The van der Waals surface area contributed by atoms with Crippen molar-refractivity contribution >= 4 is 0 Å². The summed E-state index contributed by atoms with van der Waals surface area (Å²) in [6.07, 6.45) is -2.28. The van der Waals surface area contributed by atoms with E-state index in [9.17, 15) is 0 Å². The molecule has 0 aromatic heterocycles. The topological polar surface area (TPSA) is 86.7 Å². The van der Waals surface area contributed by atoms with Crippen molar-refractivity contribution in [3.05, 3.63) is 6.92 Å². The Kier molecular flexibility index (Phi) is 3.72. The van der Waals surface area contributed by atoms with Gasteiger partial charge in [0.05, 0.1) is 24.9 Å². The molecule has 0 aromatic rings. The molecule has 0 aliphatic rings. The van der Waals surface area contributed by atoms with Crippen molar-refractivity contribution in [3.63, 3.8) is 0 Å². The first-order chi connectivity index (χ1) is 4.09. The molecule has 0 heterocycles. The van der Waals surface area contributed by atoms with E-state index in [2.05, 4.69) is 6.92 Å². The van der Waals surface area contributed by atoms with Crippen LogP contribution in [0.1, 0.15) is 0 Å². The van der Waals surface area contributed by atoms with Gasteiger partial charge in [-0.05, 0) is 6.92 Å². The zero-order chi connectivity index (χ0) is 7.44. The van der Waals surface area contributed by atoms with Crippen molar-refractivity contribution in [2.45, 2.75) is 18.2 Å². The second kappa shape index (κ2) is 3.79. The molecular weight excluding hydrogens is 122 g/mol. The molecule has 0 aromatic carbocycles. The molecule has 5 N–H and O–H groups in total. The predicted octanol–water partition coefficient (Wildman–Crippen LogP) is -2.14. The Morgan fingerprint density at radius 1 is 1.44 bits per heavy atom. The highest BCUT2D eigenvalue weighted by Gasteiger charge is 2.18. The maximum atomic E-state index is 8.80. The lowest BCUT2D eigenvalue weighted by molar-refractivity contribution is 0.0160. The molecule has 0 saturated carbocycles. The van der Waals surface area contributed by atoms with Crippen molar-refractivity contribution in [3.8, 4) is 0 Å². The summed E-state index contributed by atoms with van der Waals surface area (Å²) in [6, 6.07) is -0.808. The third kappa shape index (κ3) is 2.76. The van der Waals surface area contributed by atoms with Crippen LogP contribution in [0.25, 0.3) is 0 Å². The van der Waals surface area contributed by atoms with Crippen LogP contribution in [0.4, 0.5) is 0 Å². The fourth-order valence-corrected chi connectivity index (χ4v) is 0.393. The standard InChI is InChI=1S/C5H12NO3/c1-3(8)5(9)4(6)2-7/h3-5,7-9H,1-2,6H2. The molecule has 0 bridgehead atoms. The van der Waals surface area contributed by atoms with Crippen LogP contribution >= 0.6 is 0 Å². The average molecular weight is 134 g/mol. The van der Waals surface area contributed by atoms with E-state index in [0.29, 0.717) is 0 Å². The van der Waals surface area contributed by atoms with Gasteiger partial charge in [0.1, 0.15) is 0 Å². The van der Waals surface area contributed by atoms with Crippen LogP contribution in [0.5, 0.6) is 0 Å². The van der Waals surface area contributed by atoms with Gasteiger partial charge in [0.25, 0.3) is 0 Å². The highest BCUT2D eigenvalue weighted by atomic mass is 16.3. The SMILES string of the molecule is [CH2]C(O)C(O)C(N)CO. The molecule has 0 aliphatic heterocycles. The quantitative estimate of drug-likeness (QED) is 0.355. The second-order valence-electron chi connectivity index (χ2n) is 1.90. The third-order valence-electron chi connectivity index (χ3n) is 1.04. The molecule has 4 heteroatoms. The van der Waals surface area contributed by atoms with Crippen molar-refractivity contribution in [2.24, 2.45) is 5.73 Å². The molecule has 0 amide bonds. The highest BCUT2D eigenvalue weighted by molar-refractivity contribution is 4.78. The van der Waals surface area contributed by atoms with Crippen LogP contribution in [0.2, 0.25) is 0 Å². The molecule has 0 rings (SSSR count). The van der Waals surface area contributed by atoms with E-state index in [4.69, 9.17) is 21.1 Å². The lowest BCUT2D eigenvalue weighted by atomic mass is 10.1. The molecule has 0 spiro atoms.